The van der Waals surface area contributed by atoms with Crippen LogP contribution in [0.15, 0.2) is 59.5 Å². The minimum atomic E-state index is -3.56. The van der Waals surface area contributed by atoms with E-state index in [-0.39, 0.29) is 16.8 Å². The summed E-state index contributed by atoms with van der Waals surface area (Å²) in [6.07, 6.45) is 1.74. The Bertz CT molecular complexity index is 815. The number of amides is 1. The third kappa shape index (κ3) is 3.60. The van der Waals surface area contributed by atoms with E-state index in [0.29, 0.717) is 5.56 Å². The monoisotopic (exact) mass is 330 g/mol. The molecule has 1 amide bonds. The van der Waals surface area contributed by atoms with Crippen LogP contribution < -0.4 is 9.62 Å². The molecule has 2 aromatic carbocycles. The topological polar surface area (TPSA) is 66.5 Å². The van der Waals surface area contributed by atoms with E-state index in [9.17, 15) is 13.2 Å². The quantitative estimate of drug-likeness (QED) is 0.915. The second kappa shape index (κ2) is 6.14. The minimum absolute atomic E-state index is 0.0337. The van der Waals surface area contributed by atoms with Crippen molar-refractivity contribution in [3.05, 3.63) is 60.2 Å². The predicted molar refractivity (Wildman–Crippen MR) is 89.0 cm³/mol. The Kier molecular flexibility index (Phi) is 4.19. The van der Waals surface area contributed by atoms with Crippen LogP contribution in [0.5, 0.6) is 0 Å². The second-order valence-electron chi connectivity index (χ2n) is 5.62. The highest BCUT2D eigenvalue weighted by Crippen LogP contribution is 2.23. The van der Waals surface area contributed by atoms with Gasteiger partial charge in [-0.3, -0.25) is 4.79 Å². The highest BCUT2D eigenvalue weighted by atomic mass is 32.2. The van der Waals surface area contributed by atoms with Crippen LogP contribution in [0, 0.1) is 0 Å². The summed E-state index contributed by atoms with van der Waals surface area (Å²) in [5, 5.41) is 0. The highest BCUT2D eigenvalue weighted by Gasteiger charge is 2.28. The van der Waals surface area contributed by atoms with E-state index in [1.807, 2.05) is 30.3 Å². The molecule has 120 valence electrons. The third-order valence-corrected chi connectivity index (χ3v) is 5.26. The predicted octanol–water partition coefficient (Wildman–Crippen LogP) is 2.40. The van der Waals surface area contributed by atoms with Crippen molar-refractivity contribution < 1.29 is 13.2 Å². The van der Waals surface area contributed by atoms with E-state index in [0.717, 1.165) is 18.5 Å². The van der Waals surface area contributed by atoms with E-state index in [2.05, 4.69) is 4.72 Å². The van der Waals surface area contributed by atoms with Crippen molar-refractivity contribution in [1.82, 2.24) is 4.72 Å². The van der Waals surface area contributed by atoms with Gasteiger partial charge in [-0.1, -0.05) is 24.3 Å². The van der Waals surface area contributed by atoms with Gasteiger partial charge in [0.1, 0.15) is 0 Å². The maximum atomic E-state index is 12.6. The van der Waals surface area contributed by atoms with Crippen LogP contribution in [0.2, 0.25) is 0 Å². The fourth-order valence-corrected chi connectivity index (χ4v) is 3.60. The lowest BCUT2D eigenvalue weighted by Gasteiger charge is -2.17. The molecule has 1 saturated carbocycles. The Morgan fingerprint density at radius 2 is 1.78 bits per heavy atom. The van der Waals surface area contributed by atoms with Gasteiger partial charge in [0.25, 0.3) is 5.91 Å². The smallest absolute Gasteiger partial charge is 0.258 e. The largest absolute Gasteiger partial charge is 0.311 e. The van der Waals surface area contributed by atoms with E-state index < -0.39 is 10.0 Å². The summed E-state index contributed by atoms with van der Waals surface area (Å²) >= 11 is 0. The van der Waals surface area contributed by atoms with Gasteiger partial charge >= 0.3 is 0 Å². The Morgan fingerprint density at radius 1 is 1.09 bits per heavy atom. The van der Waals surface area contributed by atoms with Gasteiger partial charge in [-0.2, -0.15) is 0 Å². The third-order valence-electron chi connectivity index (χ3n) is 3.74. The molecule has 0 bridgehead atoms. The van der Waals surface area contributed by atoms with E-state index >= 15 is 0 Å². The van der Waals surface area contributed by atoms with Gasteiger partial charge in [0, 0.05) is 24.3 Å². The number of hydrogen-bond donors (Lipinski definition) is 1. The number of sulfonamides is 1. The number of carbonyl (C=O) groups is 1. The number of rotatable bonds is 5. The summed E-state index contributed by atoms with van der Waals surface area (Å²) in [5.74, 6) is -0.250. The first-order chi connectivity index (χ1) is 11.0. The fraction of sp³-hybridized carbons (Fsp3) is 0.235. The summed E-state index contributed by atoms with van der Waals surface area (Å²) < 4.78 is 27.1. The number of para-hydroxylation sites is 1. The lowest BCUT2D eigenvalue weighted by Crippen LogP contribution is -2.28. The molecule has 1 N–H and O–H groups in total. The molecular weight excluding hydrogens is 312 g/mol. The van der Waals surface area contributed by atoms with Gasteiger partial charge in [0.2, 0.25) is 10.0 Å². The fourth-order valence-electron chi connectivity index (χ4n) is 2.25. The highest BCUT2D eigenvalue weighted by molar-refractivity contribution is 7.89. The first kappa shape index (κ1) is 15.7. The van der Waals surface area contributed by atoms with Crippen molar-refractivity contribution in [1.29, 1.82) is 0 Å². The lowest BCUT2D eigenvalue weighted by atomic mass is 10.2. The molecule has 1 fully saturated rings. The molecule has 1 aliphatic carbocycles. The zero-order chi connectivity index (χ0) is 16.4. The molecule has 2 aromatic rings. The molecule has 5 nitrogen and oxygen atoms in total. The number of nitrogens with one attached hydrogen (secondary N) is 1. The lowest BCUT2D eigenvalue weighted by molar-refractivity contribution is 0.0993. The van der Waals surface area contributed by atoms with E-state index in [4.69, 9.17) is 0 Å². The van der Waals surface area contributed by atoms with Gasteiger partial charge in [-0.25, -0.2) is 13.1 Å². The number of hydrogen-bond acceptors (Lipinski definition) is 3. The van der Waals surface area contributed by atoms with E-state index in [1.54, 1.807) is 19.2 Å². The van der Waals surface area contributed by atoms with Crippen LogP contribution >= 0.6 is 0 Å². The van der Waals surface area contributed by atoms with Gasteiger partial charge in [0.15, 0.2) is 0 Å². The number of carbonyl (C=O) groups excluding carboxylic acids is 1. The molecule has 3 rings (SSSR count). The van der Waals surface area contributed by atoms with Gasteiger partial charge in [-0.05, 0) is 43.2 Å². The molecule has 0 heterocycles. The van der Waals surface area contributed by atoms with Crippen molar-refractivity contribution in [2.24, 2.45) is 0 Å². The Balaban J connectivity index is 1.85. The number of nitrogens with zero attached hydrogens (tertiary/aromatic N) is 1. The van der Waals surface area contributed by atoms with Crippen LogP contribution in [-0.2, 0) is 10.0 Å². The Morgan fingerprint density at radius 3 is 2.43 bits per heavy atom. The Labute approximate surface area is 136 Å². The van der Waals surface area contributed by atoms with Crippen LogP contribution in [0.4, 0.5) is 5.69 Å². The maximum absolute atomic E-state index is 12.6. The molecule has 0 radical (unpaired) electrons. The molecule has 0 unspecified atom stereocenters. The van der Waals surface area contributed by atoms with Crippen molar-refractivity contribution in [3.8, 4) is 0 Å². The van der Waals surface area contributed by atoms with Gasteiger partial charge in [-0.15, -0.1) is 0 Å². The SMILES string of the molecule is CN(C(=O)c1cccc(S(=O)(=O)NC2CC2)c1)c1ccccc1. The second-order valence-corrected chi connectivity index (χ2v) is 7.34. The standard InChI is InChI=1S/C17H18N2O3S/c1-19(15-7-3-2-4-8-15)17(20)13-6-5-9-16(12-13)23(21,22)18-14-10-11-14/h2-9,12,14,18H,10-11H2,1H3. The van der Waals surface area contributed by atoms with Crippen molar-refractivity contribution >= 4 is 21.6 Å². The molecule has 0 aromatic heterocycles. The number of anilines is 1. The van der Waals surface area contributed by atoms with Crippen molar-refractivity contribution in [2.45, 2.75) is 23.8 Å². The molecule has 0 atom stereocenters. The van der Waals surface area contributed by atoms with Crippen molar-refractivity contribution in [2.75, 3.05) is 11.9 Å². The summed E-state index contributed by atoms with van der Waals surface area (Å²) in [7, 11) is -1.90. The van der Waals surface area contributed by atoms with E-state index in [1.165, 1.54) is 17.0 Å². The summed E-state index contributed by atoms with van der Waals surface area (Å²) in [6, 6.07) is 15.4. The van der Waals surface area contributed by atoms with Crippen molar-refractivity contribution in [3.63, 3.8) is 0 Å². The van der Waals surface area contributed by atoms with Crippen LogP contribution in [0.25, 0.3) is 0 Å². The summed E-state index contributed by atoms with van der Waals surface area (Å²) in [5.41, 5.74) is 1.09. The van der Waals surface area contributed by atoms with Gasteiger partial charge in [0.05, 0.1) is 4.90 Å². The molecule has 0 aliphatic heterocycles. The zero-order valence-electron chi connectivity index (χ0n) is 12.8. The first-order valence-corrected chi connectivity index (χ1v) is 8.91. The Hall–Kier alpha value is -2.18. The molecule has 0 spiro atoms. The molecule has 6 heteroatoms. The van der Waals surface area contributed by atoms with Crippen LogP contribution in [0.1, 0.15) is 23.2 Å². The average Bonchev–Trinajstić information content (AvgIpc) is 3.37. The number of benzene rings is 2. The van der Waals surface area contributed by atoms with Gasteiger partial charge < -0.3 is 4.90 Å². The summed E-state index contributed by atoms with van der Waals surface area (Å²) in [6.45, 7) is 0. The molecule has 1 aliphatic rings. The molecule has 0 saturated heterocycles. The zero-order valence-corrected chi connectivity index (χ0v) is 13.6. The first-order valence-electron chi connectivity index (χ1n) is 7.43. The van der Waals surface area contributed by atoms with Crippen LogP contribution in [-0.4, -0.2) is 27.4 Å². The minimum Gasteiger partial charge on any atom is -0.311 e. The maximum Gasteiger partial charge on any atom is 0.258 e. The average molecular weight is 330 g/mol. The normalized spacial score (nSPS) is 14.5. The summed E-state index contributed by atoms with van der Waals surface area (Å²) in [4.78, 5) is 14.2. The molecular formula is C17H18N2O3S. The molecule has 23 heavy (non-hydrogen) atoms. The van der Waals surface area contributed by atoms with Crippen LogP contribution in [0.3, 0.4) is 0 Å².